The second-order valence-electron chi connectivity index (χ2n) is 9.40. The van der Waals surface area contributed by atoms with Gasteiger partial charge in [-0.2, -0.15) is 4.31 Å². The van der Waals surface area contributed by atoms with Crippen molar-refractivity contribution >= 4 is 27.6 Å². The van der Waals surface area contributed by atoms with Crippen molar-refractivity contribution in [3.8, 4) is 5.75 Å². The maximum Gasteiger partial charge on any atom is 0.348 e. The molecule has 0 saturated carbocycles. The van der Waals surface area contributed by atoms with E-state index in [0.29, 0.717) is 29.0 Å². The van der Waals surface area contributed by atoms with E-state index in [1.165, 1.54) is 16.3 Å². The monoisotopic (exact) mass is 536 g/mol. The van der Waals surface area contributed by atoms with Gasteiger partial charge in [0.1, 0.15) is 5.75 Å². The summed E-state index contributed by atoms with van der Waals surface area (Å²) in [5, 5.41) is 0. The Kier molecular flexibility index (Phi) is 8.18. The van der Waals surface area contributed by atoms with Crippen LogP contribution in [0.4, 0.5) is 5.69 Å². The fourth-order valence-electron chi connectivity index (χ4n) is 4.85. The van der Waals surface area contributed by atoms with Crippen LogP contribution in [0.15, 0.2) is 71.6 Å². The molecule has 8 nitrogen and oxygen atoms in total. The molecule has 1 aliphatic rings. The minimum Gasteiger partial charge on any atom is -0.475 e. The molecule has 3 aromatic carbocycles. The van der Waals surface area contributed by atoms with Gasteiger partial charge in [-0.25, -0.2) is 13.2 Å². The van der Waals surface area contributed by atoms with Crippen molar-refractivity contribution in [2.45, 2.75) is 38.2 Å². The number of ether oxygens (including phenoxy) is 2. The molecule has 0 N–H and O–H groups in total. The third-order valence-corrected chi connectivity index (χ3v) is 8.70. The van der Waals surface area contributed by atoms with Gasteiger partial charge in [0.25, 0.3) is 0 Å². The number of carbonyl (C=O) groups excluding carboxylic acids is 2. The first-order valence-electron chi connectivity index (χ1n) is 12.4. The number of carbonyl (C=O) groups is 2. The van der Waals surface area contributed by atoms with Crippen LogP contribution in [0.5, 0.6) is 5.75 Å². The number of methoxy groups -OCH3 is 1. The van der Waals surface area contributed by atoms with Crippen LogP contribution < -0.4 is 9.64 Å². The minimum absolute atomic E-state index is 0.0856. The van der Waals surface area contributed by atoms with E-state index in [-0.39, 0.29) is 18.0 Å². The summed E-state index contributed by atoms with van der Waals surface area (Å²) in [4.78, 5) is 27.6. The number of hydrogen-bond acceptors (Lipinski definition) is 6. The van der Waals surface area contributed by atoms with Crippen molar-refractivity contribution in [2.75, 3.05) is 31.6 Å². The molecule has 4 rings (SSSR count). The molecular weight excluding hydrogens is 504 g/mol. The molecule has 1 aliphatic heterocycles. The lowest BCUT2D eigenvalue weighted by molar-refractivity contribution is -0.148. The standard InChI is InChI=1S/C29H32N2O6S/c1-20-16-21(2)28(22(3)17-20)38(34,35)30(15-14-23-10-6-5-7-11-23)19-27(32)31-18-26(29(33)36-4)37-25-13-9-8-12-24(25)31/h5-13,16-17,26H,14-15,18-19H2,1-4H3. The van der Waals surface area contributed by atoms with Crippen LogP contribution in [0.3, 0.4) is 0 Å². The highest BCUT2D eigenvalue weighted by atomic mass is 32.2. The molecule has 9 heteroatoms. The van der Waals surface area contributed by atoms with Crippen molar-refractivity contribution in [1.82, 2.24) is 4.31 Å². The fraction of sp³-hybridized carbons (Fsp3) is 0.310. The lowest BCUT2D eigenvalue weighted by Crippen LogP contribution is -2.51. The number of benzene rings is 3. The predicted molar refractivity (Wildman–Crippen MR) is 145 cm³/mol. The predicted octanol–water partition coefficient (Wildman–Crippen LogP) is 3.81. The molecule has 0 fully saturated rings. The summed E-state index contributed by atoms with van der Waals surface area (Å²) >= 11 is 0. The van der Waals surface area contributed by atoms with Crippen molar-refractivity contribution in [1.29, 1.82) is 0 Å². The molecule has 1 unspecified atom stereocenters. The molecule has 0 radical (unpaired) electrons. The van der Waals surface area contributed by atoms with Crippen molar-refractivity contribution in [3.05, 3.63) is 89.0 Å². The molecule has 0 aromatic heterocycles. The van der Waals surface area contributed by atoms with Gasteiger partial charge in [-0.15, -0.1) is 0 Å². The summed E-state index contributed by atoms with van der Waals surface area (Å²) in [5.41, 5.74) is 3.65. The topological polar surface area (TPSA) is 93.2 Å². The molecule has 1 amide bonds. The Hall–Kier alpha value is -3.69. The summed E-state index contributed by atoms with van der Waals surface area (Å²) in [6.07, 6.45) is -0.586. The fourth-order valence-corrected chi connectivity index (χ4v) is 6.65. The summed E-state index contributed by atoms with van der Waals surface area (Å²) < 4.78 is 39.9. The lowest BCUT2D eigenvalue weighted by Gasteiger charge is -2.35. The number of aryl methyl sites for hydroxylation is 3. The van der Waals surface area contributed by atoms with Crippen molar-refractivity contribution in [2.24, 2.45) is 0 Å². The summed E-state index contributed by atoms with van der Waals surface area (Å²) in [5.74, 6) is -0.725. The number of hydrogen-bond donors (Lipinski definition) is 0. The highest BCUT2D eigenvalue weighted by molar-refractivity contribution is 7.89. The highest BCUT2D eigenvalue weighted by Gasteiger charge is 2.37. The van der Waals surface area contributed by atoms with E-state index in [1.54, 1.807) is 38.1 Å². The van der Waals surface area contributed by atoms with E-state index in [2.05, 4.69) is 0 Å². The molecule has 0 spiro atoms. The van der Waals surface area contributed by atoms with Crippen LogP contribution in [0.2, 0.25) is 0 Å². The van der Waals surface area contributed by atoms with Crippen LogP contribution in [-0.4, -0.2) is 57.4 Å². The largest absolute Gasteiger partial charge is 0.475 e. The minimum atomic E-state index is -4.03. The molecule has 1 heterocycles. The Morgan fingerprint density at radius 2 is 1.63 bits per heavy atom. The Morgan fingerprint density at radius 1 is 1.00 bits per heavy atom. The van der Waals surface area contributed by atoms with Gasteiger partial charge < -0.3 is 14.4 Å². The third-order valence-electron chi connectivity index (χ3n) is 6.55. The van der Waals surface area contributed by atoms with E-state index in [1.807, 2.05) is 49.4 Å². The van der Waals surface area contributed by atoms with E-state index in [4.69, 9.17) is 9.47 Å². The summed E-state index contributed by atoms with van der Waals surface area (Å²) in [6.45, 7) is 5.08. The first-order valence-corrected chi connectivity index (χ1v) is 13.8. The van der Waals surface area contributed by atoms with E-state index < -0.39 is 34.5 Å². The van der Waals surface area contributed by atoms with E-state index >= 15 is 0 Å². The molecule has 1 atom stereocenters. The van der Waals surface area contributed by atoms with Gasteiger partial charge in [-0.1, -0.05) is 60.2 Å². The van der Waals surface area contributed by atoms with Crippen molar-refractivity contribution in [3.63, 3.8) is 0 Å². The number of nitrogens with zero attached hydrogens (tertiary/aromatic N) is 2. The van der Waals surface area contributed by atoms with Crippen LogP contribution in [-0.2, 0) is 30.8 Å². The molecule has 0 saturated heterocycles. The zero-order chi connectivity index (χ0) is 27.4. The number of sulfonamides is 1. The molecule has 3 aromatic rings. The Bertz CT molecular complexity index is 1420. The highest BCUT2D eigenvalue weighted by Crippen LogP contribution is 2.34. The number of fused-ring (bicyclic) bond motifs is 1. The average molecular weight is 537 g/mol. The molecule has 38 heavy (non-hydrogen) atoms. The Balaban J connectivity index is 1.69. The number of amides is 1. The SMILES string of the molecule is COC(=O)C1CN(C(=O)CN(CCc2ccccc2)S(=O)(=O)c2c(C)cc(C)cc2C)c2ccccc2O1. The first kappa shape index (κ1) is 27.3. The number of para-hydroxylation sites is 2. The Morgan fingerprint density at radius 3 is 2.29 bits per heavy atom. The van der Waals surface area contributed by atoms with Gasteiger partial charge >= 0.3 is 5.97 Å². The maximum atomic E-state index is 14.0. The van der Waals surface area contributed by atoms with Gasteiger partial charge in [-0.3, -0.25) is 4.79 Å². The van der Waals surface area contributed by atoms with Crippen LogP contribution in [0, 0.1) is 20.8 Å². The molecular formula is C29H32N2O6S. The van der Waals surface area contributed by atoms with Crippen LogP contribution in [0.1, 0.15) is 22.3 Å². The Labute approximate surface area is 223 Å². The van der Waals surface area contributed by atoms with E-state index in [9.17, 15) is 18.0 Å². The number of anilines is 1. The summed E-state index contributed by atoms with van der Waals surface area (Å²) in [7, 11) is -2.78. The molecule has 0 aliphatic carbocycles. The number of esters is 1. The smallest absolute Gasteiger partial charge is 0.348 e. The molecule has 0 bridgehead atoms. The zero-order valence-electron chi connectivity index (χ0n) is 22.0. The average Bonchev–Trinajstić information content (AvgIpc) is 2.89. The van der Waals surface area contributed by atoms with Gasteiger partial charge in [0.2, 0.25) is 22.0 Å². The van der Waals surface area contributed by atoms with Gasteiger partial charge in [0.05, 0.1) is 30.8 Å². The number of rotatable bonds is 8. The second kappa shape index (κ2) is 11.4. The zero-order valence-corrected chi connectivity index (χ0v) is 22.8. The van der Waals surface area contributed by atoms with Gasteiger partial charge in [0.15, 0.2) is 0 Å². The first-order chi connectivity index (χ1) is 18.1. The molecule has 200 valence electrons. The summed E-state index contributed by atoms with van der Waals surface area (Å²) in [6, 6.07) is 20.1. The normalized spacial score (nSPS) is 15.1. The second-order valence-corrected chi connectivity index (χ2v) is 11.3. The van der Waals surface area contributed by atoms with Crippen molar-refractivity contribution < 1.29 is 27.5 Å². The van der Waals surface area contributed by atoms with E-state index in [0.717, 1.165) is 11.1 Å². The third kappa shape index (κ3) is 5.74. The maximum absolute atomic E-state index is 14.0. The van der Waals surface area contributed by atoms with Crippen LogP contribution >= 0.6 is 0 Å². The lowest BCUT2D eigenvalue weighted by atomic mass is 10.1. The van der Waals surface area contributed by atoms with Crippen LogP contribution in [0.25, 0.3) is 0 Å². The van der Waals surface area contributed by atoms with Gasteiger partial charge in [0, 0.05) is 6.54 Å². The quantitative estimate of drug-likeness (QED) is 0.407. The van der Waals surface area contributed by atoms with Gasteiger partial charge in [-0.05, 0) is 56.0 Å².